The van der Waals surface area contributed by atoms with Crippen LogP contribution in [0, 0.1) is 0 Å². The maximum absolute atomic E-state index is 5.68. The Morgan fingerprint density at radius 2 is 2.56 bits per heavy atom. The summed E-state index contributed by atoms with van der Waals surface area (Å²) in [5, 5.41) is 4.65. The molecule has 4 nitrogen and oxygen atoms in total. The first kappa shape index (κ1) is 12.5. The molecule has 3 rings (SSSR count). The van der Waals surface area contributed by atoms with E-state index in [1.807, 2.05) is 17.5 Å². The molecule has 0 radical (unpaired) electrons. The molecule has 1 N–H and O–H groups in total. The van der Waals surface area contributed by atoms with Crippen LogP contribution in [0.4, 0.5) is 0 Å². The summed E-state index contributed by atoms with van der Waals surface area (Å²) in [7, 11) is 0. The Hall–Kier alpha value is -0.490. The molecule has 0 spiro atoms. The number of aromatic nitrogens is 1. The van der Waals surface area contributed by atoms with E-state index in [1.165, 1.54) is 16.3 Å². The average molecular weight is 267 g/mol. The smallest absolute Gasteiger partial charge is 0.122 e. The number of rotatable bonds is 3. The second kappa shape index (κ2) is 5.65. The van der Waals surface area contributed by atoms with Crippen LogP contribution in [-0.4, -0.2) is 42.2 Å². The molecule has 2 fully saturated rings. The van der Waals surface area contributed by atoms with E-state index in [-0.39, 0.29) is 6.10 Å². The summed E-state index contributed by atoms with van der Waals surface area (Å²) >= 11 is 1.83. The topological polar surface area (TPSA) is 37.4 Å². The number of piperazine rings is 1. The van der Waals surface area contributed by atoms with E-state index in [2.05, 4.69) is 22.1 Å². The Morgan fingerprint density at radius 1 is 1.61 bits per heavy atom. The van der Waals surface area contributed by atoms with Crippen molar-refractivity contribution in [3.05, 3.63) is 16.1 Å². The lowest BCUT2D eigenvalue weighted by Gasteiger charge is -2.31. The zero-order chi connectivity index (χ0) is 12.4. The summed E-state index contributed by atoms with van der Waals surface area (Å²) < 4.78 is 5.68. The first-order chi connectivity index (χ1) is 8.81. The van der Waals surface area contributed by atoms with Crippen molar-refractivity contribution in [1.29, 1.82) is 0 Å². The summed E-state index contributed by atoms with van der Waals surface area (Å²) in [6.07, 6.45) is 4.62. The lowest BCUT2D eigenvalue weighted by molar-refractivity contribution is 0.111. The quantitative estimate of drug-likeness (QED) is 0.906. The molecule has 18 heavy (non-hydrogen) atoms. The van der Waals surface area contributed by atoms with E-state index >= 15 is 0 Å². The van der Waals surface area contributed by atoms with E-state index in [4.69, 9.17) is 4.74 Å². The van der Waals surface area contributed by atoms with Gasteiger partial charge in [-0.25, -0.2) is 4.98 Å². The molecule has 0 amide bonds. The zero-order valence-electron chi connectivity index (χ0n) is 10.9. The highest BCUT2D eigenvalue weighted by molar-refractivity contribution is 7.11. The van der Waals surface area contributed by atoms with Gasteiger partial charge in [0, 0.05) is 49.9 Å². The van der Waals surface area contributed by atoms with Gasteiger partial charge in [-0.3, -0.25) is 4.90 Å². The van der Waals surface area contributed by atoms with Gasteiger partial charge in [-0.1, -0.05) is 0 Å². The van der Waals surface area contributed by atoms with Gasteiger partial charge in [-0.15, -0.1) is 11.3 Å². The average Bonchev–Trinajstić information content (AvgIpc) is 2.98. The monoisotopic (exact) mass is 267 g/mol. The fourth-order valence-corrected chi connectivity index (χ4v) is 3.74. The van der Waals surface area contributed by atoms with Crippen molar-refractivity contribution in [3.8, 4) is 0 Å². The summed E-state index contributed by atoms with van der Waals surface area (Å²) in [4.78, 5) is 8.41. The summed E-state index contributed by atoms with van der Waals surface area (Å²) in [6, 6.07) is 0.601. The molecule has 0 aromatic carbocycles. The molecule has 0 saturated carbocycles. The molecular weight excluding hydrogens is 246 g/mol. The van der Waals surface area contributed by atoms with Gasteiger partial charge < -0.3 is 10.1 Å². The Bertz CT molecular complexity index is 389. The molecule has 0 bridgehead atoms. The second-order valence-electron chi connectivity index (χ2n) is 5.26. The van der Waals surface area contributed by atoms with Crippen LogP contribution in [0.5, 0.6) is 0 Å². The number of nitrogens with zero attached hydrogens (tertiary/aromatic N) is 2. The van der Waals surface area contributed by atoms with Crippen molar-refractivity contribution in [1.82, 2.24) is 15.2 Å². The molecule has 1 aromatic heterocycles. The fourth-order valence-electron chi connectivity index (χ4n) is 2.69. The summed E-state index contributed by atoms with van der Waals surface area (Å²) in [6.45, 7) is 7.55. The normalized spacial score (nSPS) is 29.8. The molecule has 2 aliphatic rings. The second-order valence-corrected chi connectivity index (χ2v) is 6.40. The molecular formula is C13H21N3OS. The Labute approximate surface area is 112 Å². The van der Waals surface area contributed by atoms with Crippen LogP contribution in [0.25, 0.3) is 0 Å². The maximum atomic E-state index is 5.68. The molecule has 100 valence electrons. The van der Waals surface area contributed by atoms with Crippen LogP contribution in [0.3, 0.4) is 0 Å². The van der Waals surface area contributed by atoms with Crippen molar-refractivity contribution in [2.24, 2.45) is 0 Å². The minimum atomic E-state index is 0.269. The van der Waals surface area contributed by atoms with Crippen molar-refractivity contribution < 1.29 is 4.74 Å². The Kier molecular flexibility index (Phi) is 3.94. The molecule has 2 atom stereocenters. The highest BCUT2D eigenvalue weighted by Gasteiger charge is 2.22. The highest BCUT2D eigenvalue weighted by atomic mass is 32.1. The van der Waals surface area contributed by atoms with Crippen LogP contribution >= 0.6 is 11.3 Å². The van der Waals surface area contributed by atoms with E-state index in [9.17, 15) is 0 Å². The van der Waals surface area contributed by atoms with Gasteiger partial charge >= 0.3 is 0 Å². The lowest BCUT2D eigenvalue weighted by Crippen LogP contribution is -2.48. The van der Waals surface area contributed by atoms with Gasteiger partial charge in [0.15, 0.2) is 0 Å². The molecule has 5 heteroatoms. The third kappa shape index (κ3) is 2.91. The predicted octanol–water partition coefficient (Wildman–Crippen LogP) is 1.79. The Morgan fingerprint density at radius 3 is 3.33 bits per heavy atom. The van der Waals surface area contributed by atoms with Crippen molar-refractivity contribution in [3.63, 3.8) is 0 Å². The molecule has 1 unspecified atom stereocenters. The van der Waals surface area contributed by atoms with E-state index in [0.29, 0.717) is 6.04 Å². The zero-order valence-corrected chi connectivity index (χ0v) is 11.7. The van der Waals surface area contributed by atoms with Crippen LogP contribution in [-0.2, 0) is 11.3 Å². The van der Waals surface area contributed by atoms with Crippen molar-refractivity contribution in [2.75, 3.05) is 26.2 Å². The summed E-state index contributed by atoms with van der Waals surface area (Å²) in [5.41, 5.74) is 0. The van der Waals surface area contributed by atoms with Gasteiger partial charge in [-0.2, -0.15) is 0 Å². The van der Waals surface area contributed by atoms with Crippen LogP contribution in [0.2, 0.25) is 0 Å². The van der Waals surface area contributed by atoms with Crippen LogP contribution < -0.4 is 5.32 Å². The first-order valence-corrected chi connectivity index (χ1v) is 7.65. The number of ether oxygens (including phenoxy) is 1. The predicted molar refractivity (Wildman–Crippen MR) is 72.8 cm³/mol. The van der Waals surface area contributed by atoms with Gasteiger partial charge in [-0.05, 0) is 19.8 Å². The third-order valence-electron chi connectivity index (χ3n) is 3.61. The minimum Gasteiger partial charge on any atom is -0.371 e. The van der Waals surface area contributed by atoms with Crippen LogP contribution in [0.1, 0.15) is 35.8 Å². The van der Waals surface area contributed by atoms with Gasteiger partial charge in [0.05, 0.1) is 0 Å². The lowest BCUT2D eigenvalue weighted by atomic mass is 10.2. The SMILES string of the molecule is C[C@H]1CN(Cc2cnc(C3CCCO3)s2)CCN1. The Balaban J connectivity index is 1.59. The molecule has 2 aliphatic heterocycles. The number of hydrogen-bond donors (Lipinski definition) is 1. The van der Waals surface area contributed by atoms with Crippen molar-refractivity contribution >= 4 is 11.3 Å². The first-order valence-electron chi connectivity index (χ1n) is 6.83. The molecule has 0 aliphatic carbocycles. The van der Waals surface area contributed by atoms with Gasteiger partial charge in [0.1, 0.15) is 11.1 Å². The van der Waals surface area contributed by atoms with E-state index < -0.39 is 0 Å². The largest absolute Gasteiger partial charge is 0.371 e. The number of nitrogens with one attached hydrogen (secondary N) is 1. The maximum Gasteiger partial charge on any atom is 0.122 e. The molecule has 3 heterocycles. The highest BCUT2D eigenvalue weighted by Crippen LogP contribution is 2.31. The van der Waals surface area contributed by atoms with Gasteiger partial charge in [0.2, 0.25) is 0 Å². The van der Waals surface area contributed by atoms with Crippen molar-refractivity contribution in [2.45, 2.75) is 38.5 Å². The molecule has 2 saturated heterocycles. The van der Waals surface area contributed by atoms with Gasteiger partial charge in [0.25, 0.3) is 0 Å². The fraction of sp³-hybridized carbons (Fsp3) is 0.769. The third-order valence-corrected chi connectivity index (χ3v) is 4.68. The minimum absolute atomic E-state index is 0.269. The summed E-state index contributed by atoms with van der Waals surface area (Å²) in [5.74, 6) is 0. The standard InChI is InChI=1S/C13H21N3OS/c1-10-8-16(5-4-14-10)9-11-7-15-13(18-11)12-3-2-6-17-12/h7,10,12,14H,2-6,8-9H2,1H3/t10-,12?/m0/s1. The number of thiazole rings is 1. The van der Waals surface area contributed by atoms with E-state index in [0.717, 1.165) is 39.2 Å². The van der Waals surface area contributed by atoms with E-state index in [1.54, 1.807) is 0 Å². The molecule has 1 aromatic rings. The van der Waals surface area contributed by atoms with Crippen LogP contribution in [0.15, 0.2) is 6.20 Å². The number of hydrogen-bond acceptors (Lipinski definition) is 5.